The van der Waals surface area contributed by atoms with Crippen LogP contribution in [0, 0.1) is 13.8 Å². The Labute approximate surface area is 121 Å². The Bertz CT molecular complexity index is 575. The van der Waals surface area contributed by atoms with Crippen LogP contribution < -0.4 is 0 Å². The van der Waals surface area contributed by atoms with Crippen LogP contribution in [0.3, 0.4) is 0 Å². The molecule has 0 fully saturated rings. The fraction of sp³-hybridized carbons (Fsp3) is 0.357. The predicted molar refractivity (Wildman–Crippen MR) is 80.1 cm³/mol. The van der Waals surface area contributed by atoms with Crippen LogP contribution in [0.5, 0.6) is 0 Å². The van der Waals surface area contributed by atoms with Crippen molar-refractivity contribution in [2.75, 3.05) is 0 Å². The Hall–Kier alpha value is -0.800. The maximum absolute atomic E-state index is 6.24. The second-order valence-electron chi connectivity index (χ2n) is 4.29. The fourth-order valence-corrected chi connectivity index (χ4v) is 3.29. The second-order valence-corrected chi connectivity index (χ2v) is 5.25. The van der Waals surface area contributed by atoms with Gasteiger partial charge in [0.05, 0.1) is 11.4 Å². The quantitative estimate of drug-likeness (QED) is 0.753. The number of halogens is 2. The van der Waals surface area contributed by atoms with Crippen LogP contribution in [-0.2, 0) is 11.8 Å². The largest absolute Gasteiger partial charge is 0.237 e. The molecule has 0 spiro atoms. The zero-order chi connectivity index (χ0) is 13.3. The van der Waals surface area contributed by atoms with Crippen molar-refractivity contribution in [3.63, 3.8) is 0 Å². The van der Waals surface area contributed by atoms with Gasteiger partial charge in [0, 0.05) is 21.6 Å². The van der Waals surface area contributed by atoms with Crippen molar-refractivity contribution in [1.82, 2.24) is 9.78 Å². The molecule has 0 atom stereocenters. The number of rotatable bonds is 3. The van der Waals surface area contributed by atoms with Gasteiger partial charge >= 0.3 is 0 Å². The van der Waals surface area contributed by atoms with E-state index in [4.69, 9.17) is 11.6 Å². The van der Waals surface area contributed by atoms with Gasteiger partial charge in [0.2, 0.25) is 0 Å². The van der Waals surface area contributed by atoms with E-state index in [1.165, 1.54) is 11.3 Å². The van der Waals surface area contributed by atoms with Gasteiger partial charge in [0.15, 0.2) is 0 Å². The van der Waals surface area contributed by atoms with E-state index < -0.39 is 0 Å². The van der Waals surface area contributed by atoms with Crippen molar-refractivity contribution in [2.45, 2.75) is 32.5 Å². The molecule has 1 heterocycles. The Morgan fingerprint density at radius 3 is 2.56 bits per heavy atom. The Balaban J connectivity index is 2.66. The molecule has 0 aliphatic heterocycles. The molecule has 2 aromatic rings. The molecule has 2 rings (SSSR count). The van der Waals surface area contributed by atoms with E-state index in [-0.39, 0.29) is 0 Å². The molecule has 0 N–H and O–H groups in total. The molecule has 0 saturated heterocycles. The summed E-state index contributed by atoms with van der Waals surface area (Å²) in [6, 6.07) is 5.93. The van der Waals surface area contributed by atoms with E-state index in [0.29, 0.717) is 0 Å². The standard InChI is InChI=1S/C14H16BrClN2/c1-4-11-9(2)17-18(10(11)3)14-7-5-6-13(16)12(14)8-15/h5-7H,4,8H2,1-3H3. The van der Waals surface area contributed by atoms with Crippen LogP contribution in [0.15, 0.2) is 18.2 Å². The van der Waals surface area contributed by atoms with Crippen molar-refractivity contribution in [1.29, 1.82) is 0 Å². The molecular formula is C14H16BrClN2. The first-order valence-electron chi connectivity index (χ1n) is 5.99. The molecule has 0 radical (unpaired) electrons. The normalized spacial score (nSPS) is 10.9. The smallest absolute Gasteiger partial charge is 0.0704 e. The summed E-state index contributed by atoms with van der Waals surface area (Å²) in [7, 11) is 0. The molecule has 1 aromatic carbocycles. The third-order valence-corrected chi connectivity index (χ3v) is 4.17. The molecular weight excluding hydrogens is 312 g/mol. The Morgan fingerprint density at radius 1 is 1.28 bits per heavy atom. The molecule has 1 aromatic heterocycles. The van der Waals surface area contributed by atoms with Gasteiger partial charge in [-0.1, -0.05) is 40.5 Å². The minimum absolute atomic E-state index is 0.724. The SMILES string of the molecule is CCc1c(C)nn(-c2cccc(Cl)c2CBr)c1C. The van der Waals surface area contributed by atoms with Crippen LogP contribution >= 0.6 is 27.5 Å². The van der Waals surface area contributed by atoms with Gasteiger partial charge in [-0.2, -0.15) is 5.10 Å². The van der Waals surface area contributed by atoms with Gasteiger partial charge in [-0.3, -0.25) is 0 Å². The van der Waals surface area contributed by atoms with Gasteiger partial charge in [-0.05, 0) is 38.0 Å². The summed E-state index contributed by atoms with van der Waals surface area (Å²) in [5.41, 5.74) is 5.73. The summed E-state index contributed by atoms with van der Waals surface area (Å²) in [5.74, 6) is 0. The summed E-state index contributed by atoms with van der Waals surface area (Å²) in [6.07, 6.45) is 1.00. The molecule has 0 unspecified atom stereocenters. The van der Waals surface area contributed by atoms with E-state index in [0.717, 1.165) is 33.7 Å². The van der Waals surface area contributed by atoms with Crippen LogP contribution in [-0.4, -0.2) is 9.78 Å². The van der Waals surface area contributed by atoms with E-state index in [9.17, 15) is 0 Å². The number of alkyl halides is 1. The molecule has 0 saturated carbocycles. The van der Waals surface area contributed by atoms with Gasteiger partial charge < -0.3 is 0 Å². The van der Waals surface area contributed by atoms with E-state index in [1.54, 1.807) is 0 Å². The van der Waals surface area contributed by atoms with Gasteiger partial charge in [0.25, 0.3) is 0 Å². The minimum Gasteiger partial charge on any atom is -0.237 e. The summed E-state index contributed by atoms with van der Waals surface area (Å²) >= 11 is 9.74. The van der Waals surface area contributed by atoms with Crippen LogP contribution in [0.25, 0.3) is 5.69 Å². The predicted octanol–water partition coefficient (Wildman–Crippen LogP) is 4.60. The van der Waals surface area contributed by atoms with Crippen molar-refractivity contribution in [3.8, 4) is 5.69 Å². The molecule has 0 amide bonds. The fourth-order valence-electron chi connectivity index (χ4n) is 2.30. The zero-order valence-electron chi connectivity index (χ0n) is 10.8. The van der Waals surface area contributed by atoms with Gasteiger partial charge in [-0.25, -0.2) is 4.68 Å². The minimum atomic E-state index is 0.724. The van der Waals surface area contributed by atoms with Crippen LogP contribution in [0.1, 0.15) is 29.4 Å². The van der Waals surface area contributed by atoms with Crippen LogP contribution in [0.4, 0.5) is 0 Å². The number of hydrogen-bond acceptors (Lipinski definition) is 1. The third-order valence-electron chi connectivity index (χ3n) is 3.25. The number of aryl methyl sites for hydroxylation is 1. The van der Waals surface area contributed by atoms with Gasteiger partial charge in [-0.15, -0.1) is 0 Å². The highest BCUT2D eigenvalue weighted by molar-refractivity contribution is 9.08. The Morgan fingerprint density at radius 2 is 2.00 bits per heavy atom. The lowest BCUT2D eigenvalue weighted by Crippen LogP contribution is -2.03. The average Bonchev–Trinajstić information content (AvgIpc) is 2.64. The topological polar surface area (TPSA) is 17.8 Å². The molecule has 0 aliphatic carbocycles. The molecule has 2 nitrogen and oxygen atoms in total. The van der Waals surface area contributed by atoms with Crippen molar-refractivity contribution in [2.24, 2.45) is 0 Å². The average molecular weight is 328 g/mol. The van der Waals surface area contributed by atoms with Crippen molar-refractivity contribution < 1.29 is 0 Å². The van der Waals surface area contributed by atoms with E-state index in [2.05, 4.69) is 47.9 Å². The summed E-state index contributed by atoms with van der Waals surface area (Å²) in [4.78, 5) is 0. The lowest BCUT2D eigenvalue weighted by Gasteiger charge is -2.11. The van der Waals surface area contributed by atoms with E-state index >= 15 is 0 Å². The summed E-state index contributed by atoms with van der Waals surface area (Å²) in [6.45, 7) is 6.32. The monoisotopic (exact) mass is 326 g/mol. The Kier molecular flexibility index (Phi) is 4.13. The lowest BCUT2D eigenvalue weighted by atomic mass is 10.1. The van der Waals surface area contributed by atoms with Gasteiger partial charge in [0.1, 0.15) is 0 Å². The maximum Gasteiger partial charge on any atom is 0.0704 e. The second kappa shape index (κ2) is 5.45. The number of nitrogens with zero attached hydrogens (tertiary/aromatic N) is 2. The first kappa shape index (κ1) is 13.6. The summed E-state index contributed by atoms with van der Waals surface area (Å²) < 4.78 is 2.00. The first-order valence-corrected chi connectivity index (χ1v) is 7.48. The maximum atomic E-state index is 6.24. The van der Waals surface area contributed by atoms with Crippen LogP contribution in [0.2, 0.25) is 5.02 Å². The molecule has 18 heavy (non-hydrogen) atoms. The highest BCUT2D eigenvalue weighted by Crippen LogP contribution is 2.27. The zero-order valence-corrected chi connectivity index (χ0v) is 13.1. The molecule has 4 heteroatoms. The highest BCUT2D eigenvalue weighted by atomic mass is 79.9. The molecule has 96 valence electrons. The van der Waals surface area contributed by atoms with E-state index in [1.807, 2.05) is 16.8 Å². The first-order chi connectivity index (χ1) is 8.60. The number of aromatic nitrogens is 2. The molecule has 0 bridgehead atoms. The third kappa shape index (κ3) is 2.21. The number of benzene rings is 1. The lowest BCUT2D eigenvalue weighted by molar-refractivity contribution is 0.826. The molecule has 0 aliphatic rings. The van der Waals surface area contributed by atoms with Crippen molar-refractivity contribution >= 4 is 27.5 Å². The summed E-state index contributed by atoms with van der Waals surface area (Å²) in [5, 5.41) is 6.14. The van der Waals surface area contributed by atoms with Crippen molar-refractivity contribution in [3.05, 3.63) is 45.7 Å². The number of hydrogen-bond donors (Lipinski definition) is 0. The highest BCUT2D eigenvalue weighted by Gasteiger charge is 2.14.